The Morgan fingerprint density at radius 3 is 1.83 bits per heavy atom. The molecule has 0 aromatic heterocycles. The van der Waals surface area contributed by atoms with E-state index in [4.69, 9.17) is 19.3 Å². The van der Waals surface area contributed by atoms with Crippen LogP contribution in [0.2, 0.25) is 0 Å². The van der Waals surface area contributed by atoms with Gasteiger partial charge in [0.1, 0.15) is 12.2 Å². The third-order valence-electron chi connectivity index (χ3n) is 4.10. The summed E-state index contributed by atoms with van der Waals surface area (Å²) in [6, 6.07) is 0. The normalized spacial score (nSPS) is 14.0. The van der Waals surface area contributed by atoms with Crippen molar-refractivity contribution < 1.29 is 24.4 Å². The number of unbranched alkanes of at least 4 members (excludes halogenated alkanes) is 9. The van der Waals surface area contributed by atoms with Crippen molar-refractivity contribution in [3.8, 4) is 0 Å². The molecule has 0 aliphatic carbocycles. The number of aliphatic hydroxyl groups is 2. The monoisotopic (exact) mass is 348 g/mol. The summed E-state index contributed by atoms with van der Waals surface area (Å²) in [5.74, 6) is 0. The van der Waals surface area contributed by atoms with E-state index >= 15 is 0 Å². The molecule has 0 radical (unpaired) electrons. The summed E-state index contributed by atoms with van der Waals surface area (Å²) in [5, 5.41) is 17.9. The molecule has 0 saturated carbocycles. The molecule has 0 heterocycles. The van der Waals surface area contributed by atoms with Gasteiger partial charge in [-0.2, -0.15) is 0 Å². The van der Waals surface area contributed by atoms with Gasteiger partial charge in [0.25, 0.3) is 0 Å². The lowest BCUT2D eigenvalue weighted by Gasteiger charge is -2.16. The second-order valence-corrected chi connectivity index (χ2v) is 6.49. The van der Waals surface area contributed by atoms with Gasteiger partial charge in [-0.15, -0.1) is 0 Å². The predicted octanol–water partition coefficient (Wildman–Crippen LogP) is 3.31. The van der Waals surface area contributed by atoms with Crippen molar-refractivity contribution in [1.29, 1.82) is 0 Å². The first kappa shape index (κ1) is 23.8. The fourth-order valence-electron chi connectivity index (χ4n) is 2.48. The number of hydrogen-bond donors (Lipinski definition) is 2. The number of hydrogen-bond acceptors (Lipinski definition) is 5. The summed E-state index contributed by atoms with van der Waals surface area (Å²) in [7, 11) is 1.63. The first-order chi connectivity index (χ1) is 11.7. The first-order valence-corrected chi connectivity index (χ1v) is 9.71. The number of methoxy groups -OCH3 is 1. The highest BCUT2D eigenvalue weighted by Crippen LogP contribution is 2.10. The van der Waals surface area contributed by atoms with Crippen LogP contribution in [0.15, 0.2) is 0 Å². The maximum atomic E-state index is 9.19. The van der Waals surface area contributed by atoms with Gasteiger partial charge in [-0.05, 0) is 6.42 Å². The lowest BCUT2D eigenvalue weighted by Crippen LogP contribution is -2.28. The van der Waals surface area contributed by atoms with Crippen molar-refractivity contribution in [3.05, 3.63) is 0 Å². The minimum Gasteiger partial charge on any atom is -0.394 e. The maximum Gasteiger partial charge on any atom is 0.104 e. The minimum atomic E-state index is -0.824. The van der Waals surface area contributed by atoms with Crippen LogP contribution in [-0.2, 0) is 14.2 Å². The van der Waals surface area contributed by atoms with E-state index in [0.29, 0.717) is 13.2 Å². The van der Waals surface area contributed by atoms with Crippen molar-refractivity contribution in [3.63, 3.8) is 0 Å². The third kappa shape index (κ3) is 16.7. The van der Waals surface area contributed by atoms with E-state index in [1.54, 1.807) is 7.11 Å². The van der Waals surface area contributed by atoms with Gasteiger partial charge in [0.05, 0.1) is 26.4 Å². The molecule has 0 aromatic rings. The van der Waals surface area contributed by atoms with Crippen LogP contribution in [0.1, 0.15) is 71.1 Å². The van der Waals surface area contributed by atoms with E-state index < -0.39 is 6.10 Å². The van der Waals surface area contributed by atoms with Gasteiger partial charge in [0.15, 0.2) is 0 Å². The van der Waals surface area contributed by atoms with E-state index in [-0.39, 0.29) is 19.3 Å². The number of ether oxygens (including phenoxy) is 3. The van der Waals surface area contributed by atoms with Gasteiger partial charge in [-0.3, -0.25) is 0 Å². The van der Waals surface area contributed by atoms with Crippen LogP contribution in [0.3, 0.4) is 0 Å². The Kier molecular flexibility index (Phi) is 19.0. The molecule has 5 heteroatoms. The van der Waals surface area contributed by atoms with Crippen LogP contribution in [0.5, 0.6) is 0 Å². The molecular weight excluding hydrogens is 308 g/mol. The van der Waals surface area contributed by atoms with Gasteiger partial charge in [-0.25, -0.2) is 0 Å². The zero-order chi connectivity index (χ0) is 17.9. The molecule has 2 N–H and O–H groups in total. The quantitative estimate of drug-likeness (QED) is 0.351. The smallest absolute Gasteiger partial charge is 0.104 e. The summed E-state index contributed by atoms with van der Waals surface area (Å²) in [6.07, 6.45) is 12.3. The third-order valence-corrected chi connectivity index (χ3v) is 4.10. The van der Waals surface area contributed by atoms with E-state index in [1.807, 2.05) is 0 Å². The van der Waals surface area contributed by atoms with Crippen LogP contribution in [0, 0.1) is 0 Å². The van der Waals surface area contributed by atoms with Gasteiger partial charge in [0.2, 0.25) is 0 Å². The molecular formula is C19H40O5. The van der Waals surface area contributed by atoms with Crippen LogP contribution < -0.4 is 0 Å². The molecule has 2 atom stereocenters. The number of aliphatic hydroxyl groups excluding tert-OH is 2. The molecule has 0 saturated heterocycles. The van der Waals surface area contributed by atoms with Crippen molar-refractivity contribution in [2.75, 3.05) is 40.1 Å². The topological polar surface area (TPSA) is 68.2 Å². The Labute approximate surface area is 148 Å². The summed E-state index contributed by atoms with van der Waals surface area (Å²) in [4.78, 5) is 0. The van der Waals surface area contributed by atoms with Gasteiger partial charge in [-0.1, -0.05) is 64.7 Å². The van der Waals surface area contributed by atoms with E-state index in [0.717, 1.165) is 13.0 Å². The first-order valence-electron chi connectivity index (χ1n) is 9.71. The molecule has 24 heavy (non-hydrogen) atoms. The second-order valence-electron chi connectivity index (χ2n) is 6.49. The Hall–Kier alpha value is -0.200. The fourth-order valence-corrected chi connectivity index (χ4v) is 2.48. The average Bonchev–Trinajstić information content (AvgIpc) is 2.60. The highest BCUT2D eigenvalue weighted by atomic mass is 16.6. The lowest BCUT2D eigenvalue weighted by molar-refractivity contribution is -0.0626. The van der Waals surface area contributed by atoms with Gasteiger partial charge < -0.3 is 24.4 Å². The van der Waals surface area contributed by atoms with Crippen molar-refractivity contribution in [1.82, 2.24) is 0 Å². The van der Waals surface area contributed by atoms with Crippen molar-refractivity contribution in [2.45, 2.75) is 83.3 Å². The standard InChI is InChI=1S/C19H40O5/c1-3-4-5-6-7-8-9-10-11-12-13-23-16-19(22-2)17-24-15-18(21)14-20/h18-21H,3-17H2,1-2H3. The zero-order valence-corrected chi connectivity index (χ0v) is 15.9. The molecule has 0 fully saturated rings. The second kappa shape index (κ2) is 19.1. The molecule has 0 rings (SSSR count). The molecule has 0 aliphatic rings. The summed E-state index contributed by atoms with van der Waals surface area (Å²) < 4.78 is 16.2. The highest BCUT2D eigenvalue weighted by molar-refractivity contribution is 4.57. The summed E-state index contributed by atoms with van der Waals surface area (Å²) in [6.45, 7) is 3.72. The largest absolute Gasteiger partial charge is 0.394 e. The SMILES string of the molecule is CCCCCCCCCCCCOCC(COCC(O)CO)OC. The minimum absolute atomic E-state index is 0.120. The van der Waals surface area contributed by atoms with E-state index in [9.17, 15) is 5.11 Å². The maximum absolute atomic E-state index is 9.19. The highest BCUT2D eigenvalue weighted by Gasteiger charge is 2.09. The summed E-state index contributed by atoms with van der Waals surface area (Å²) >= 11 is 0. The van der Waals surface area contributed by atoms with Crippen LogP contribution in [0.4, 0.5) is 0 Å². The molecule has 0 aliphatic heterocycles. The molecule has 0 bridgehead atoms. The van der Waals surface area contributed by atoms with Crippen LogP contribution >= 0.6 is 0 Å². The molecule has 0 aromatic carbocycles. The lowest BCUT2D eigenvalue weighted by atomic mass is 10.1. The average molecular weight is 349 g/mol. The predicted molar refractivity (Wildman–Crippen MR) is 97.4 cm³/mol. The molecule has 5 nitrogen and oxygen atoms in total. The van der Waals surface area contributed by atoms with Gasteiger partial charge in [0, 0.05) is 13.7 Å². The van der Waals surface area contributed by atoms with E-state index in [2.05, 4.69) is 6.92 Å². The Morgan fingerprint density at radius 1 is 0.750 bits per heavy atom. The van der Waals surface area contributed by atoms with Crippen LogP contribution in [-0.4, -0.2) is 62.6 Å². The Morgan fingerprint density at radius 2 is 1.29 bits per heavy atom. The molecule has 0 spiro atoms. The molecule has 0 amide bonds. The van der Waals surface area contributed by atoms with Crippen LogP contribution in [0.25, 0.3) is 0 Å². The molecule has 146 valence electrons. The Bertz CT molecular complexity index is 238. The van der Waals surface area contributed by atoms with Gasteiger partial charge >= 0.3 is 0 Å². The van der Waals surface area contributed by atoms with Crippen molar-refractivity contribution in [2.24, 2.45) is 0 Å². The number of rotatable bonds is 19. The fraction of sp³-hybridized carbons (Fsp3) is 1.00. The van der Waals surface area contributed by atoms with E-state index in [1.165, 1.54) is 57.8 Å². The Balaban J connectivity index is 3.29. The zero-order valence-electron chi connectivity index (χ0n) is 15.9. The van der Waals surface area contributed by atoms with Crippen molar-refractivity contribution >= 4 is 0 Å². The summed E-state index contributed by atoms with van der Waals surface area (Å²) in [5.41, 5.74) is 0. The molecule has 2 unspecified atom stereocenters.